The van der Waals surface area contributed by atoms with Crippen molar-refractivity contribution in [3.05, 3.63) is 54.1 Å². The molecule has 1 aliphatic heterocycles. The van der Waals surface area contributed by atoms with E-state index >= 15 is 0 Å². The van der Waals surface area contributed by atoms with Crippen molar-refractivity contribution in [2.45, 2.75) is 42.5 Å². The highest BCUT2D eigenvalue weighted by Crippen LogP contribution is 2.45. The SMILES string of the molecule is CCC(CC)C(Cl)c1ccc(N2c3ccccc3SC2N)cc1. The fourth-order valence-electron chi connectivity index (χ4n) is 3.16. The van der Waals surface area contributed by atoms with Gasteiger partial charge in [-0.15, -0.1) is 11.6 Å². The van der Waals surface area contributed by atoms with Crippen LogP contribution in [0, 0.1) is 5.92 Å². The van der Waals surface area contributed by atoms with Crippen LogP contribution in [0.15, 0.2) is 53.4 Å². The van der Waals surface area contributed by atoms with Crippen molar-refractivity contribution in [2.24, 2.45) is 11.7 Å². The van der Waals surface area contributed by atoms with Gasteiger partial charge in [-0.3, -0.25) is 0 Å². The number of fused-ring (bicyclic) bond motifs is 1. The summed E-state index contributed by atoms with van der Waals surface area (Å²) in [6.45, 7) is 4.41. The minimum Gasteiger partial charge on any atom is -0.315 e. The minimum atomic E-state index is -0.0796. The van der Waals surface area contributed by atoms with Crippen LogP contribution in [0.5, 0.6) is 0 Å². The topological polar surface area (TPSA) is 29.3 Å². The van der Waals surface area contributed by atoms with E-state index in [9.17, 15) is 0 Å². The van der Waals surface area contributed by atoms with E-state index in [1.165, 1.54) is 16.1 Å². The van der Waals surface area contributed by atoms with Crippen LogP contribution in [0.4, 0.5) is 11.4 Å². The third-order valence-corrected chi connectivity index (χ3v) is 6.24. The number of hydrogen-bond donors (Lipinski definition) is 1. The number of halogens is 1. The van der Waals surface area contributed by atoms with Gasteiger partial charge in [-0.2, -0.15) is 0 Å². The molecule has 2 unspecified atom stereocenters. The molecule has 0 bridgehead atoms. The summed E-state index contributed by atoms with van der Waals surface area (Å²) >= 11 is 8.35. The number of nitrogens with two attached hydrogens (primary N) is 1. The molecule has 4 heteroatoms. The number of alkyl halides is 1. The van der Waals surface area contributed by atoms with Gasteiger partial charge in [0.25, 0.3) is 0 Å². The molecule has 0 spiro atoms. The molecule has 2 nitrogen and oxygen atoms in total. The highest BCUT2D eigenvalue weighted by molar-refractivity contribution is 8.00. The Morgan fingerprint density at radius 3 is 2.39 bits per heavy atom. The number of anilines is 2. The number of benzene rings is 2. The predicted molar refractivity (Wildman–Crippen MR) is 102 cm³/mol. The number of nitrogens with zero attached hydrogens (tertiary/aromatic N) is 1. The number of rotatable bonds is 5. The van der Waals surface area contributed by atoms with Crippen LogP contribution in [0.25, 0.3) is 0 Å². The van der Waals surface area contributed by atoms with Crippen LogP contribution in [-0.2, 0) is 0 Å². The van der Waals surface area contributed by atoms with E-state index in [-0.39, 0.29) is 10.9 Å². The van der Waals surface area contributed by atoms with Gasteiger partial charge in [-0.25, -0.2) is 0 Å². The number of thioether (sulfide) groups is 1. The molecule has 1 aliphatic rings. The lowest BCUT2D eigenvalue weighted by Gasteiger charge is -2.25. The first-order valence-corrected chi connectivity index (χ1v) is 9.51. The van der Waals surface area contributed by atoms with Crippen LogP contribution in [0.2, 0.25) is 0 Å². The van der Waals surface area contributed by atoms with Crippen molar-refractivity contribution in [2.75, 3.05) is 4.90 Å². The zero-order valence-corrected chi connectivity index (χ0v) is 15.1. The summed E-state index contributed by atoms with van der Waals surface area (Å²) in [5, 5.41) is 0.0768. The first kappa shape index (κ1) is 16.7. The summed E-state index contributed by atoms with van der Waals surface area (Å²) < 4.78 is 0. The minimum absolute atomic E-state index is 0.0768. The monoisotopic (exact) mass is 346 g/mol. The maximum atomic E-state index is 6.65. The molecule has 122 valence electrons. The first-order valence-electron chi connectivity index (χ1n) is 8.20. The Kier molecular flexibility index (Phi) is 5.20. The normalized spacial score (nSPS) is 18.3. The quantitative estimate of drug-likeness (QED) is 0.684. The molecule has 0 saturated carbocycles. The predicted octanol–water partition coefficient (Wildman–Crippen LogP) is 5.89. The van der Waals surface area contributed by atoms with Gasteiger partial charge >= 0.3 is 0 Å². The molecule has 2 aromatic rings. The van der Waals surface area contributed by atoms with E-state index < -0.39 is 0 Å². The Morgan fingerprint density at radius 2 is 1.74 bits per heavy atom. The molecule has 0 radical (unpaired) electrons. The second-order valence-electron chi connectivity index (χ2n) is 5.92. The van der Waals surface area contributed by atoms with Crippen molar-refractivity contribution in [1.29, 1.82) is 0 Å². The van der Waals surface area contributed by atoms with E-state index in [2.05, 4.69) is 67.3 Å². The average Bonchev–Trinajstić information content (AvgIpc) is 2.91. The van der Waals surface area contributed by atoms with E-state index in [0.29, 0.717) is 5.92 Å². The van der Waals surface area contributed by atoms with Crippen LogP contribution in [0.3, 0.4) is 0 Å². The van der Waals surface area contributed by atoms with Crippen LogP contribution in [-0.4, -0.2) is 5.50 Å². The van der Waals surface area contributed by atoms with Crippen molar-refractivity contribution >= 4 is 34.7 Å². The van der Waals surface area contributed by atoms with Crippen molar-refractivity contribution in [1.82, 2.24) is 0 Å². The van der Waals surface area contributed by atoms with E-state index in [0.717, 1.165) is 18.5 Å². The van der Waals surface area contributed by atoms with Crippen LogP contribution in [0.1, 0.15) is 37.6 Å². The van der Waals surface area contributed by atoms with E-state index in [4.69, 9.17) is 17.3 Å². The third kappa shape index (κ3) is 3.23. The molecular formula is C19H23ClN2S. The Labute approximate surface area is 148 Å². The van der Waals surface area contributed by atoms with Gasteiger partial charge in [-0.1, -0.05) is 62.7 Å². The maximum Gasteiger partial charge on any atom is 0.134 e. The summed E-state index contributed by atoms with van der Waals surface area (Å²) in [4.78, 5) is 3.42. The molecular weight excluding hydrogens is 324 g/mol. The molecule has 23 heavy (non-hydrogen) atoms. The van der Waals surface area contributed by atoms with Gasteiger partial charge < -0.3 is 10.6 Å². The summed E-state index contributed by atoms with van der Waals surface area (Å²) in [7, 11) is 0. The zero-order valence-electron chi connectivity index (χ0n) is 13.6. The molecule has 2 atom stereocenters. The Morgan fingerprint density at radius 1 is 1.09 bits per heavy atom. The zero-order chi connectivity index (χ0) is 16.4. The van der Waals surface area contributed by atoms with Crippen molar-refractivity contribution in [3.8, 4) is 0 Å². The van der Waals surface area contributed by atoms with Crippen LogP contribution < -0.4 is 10.6 Å². The molecule has 0 aliphatic carbocycles. The van der Waals surface area contributed by atoms with E-state index in [1.54, 1.807) is 11.8 Å². The molecule has 0 amide bonds. The lowest BCUT2D eigenvalue weighted by molar-refractivity contribution is 0.476. The molecule has 1 heterocycles. The first-order chi connectivity index (χ1) is 11.2. The average molecular weight is 347 g/mol. The summed E-state index contributed by atoms with van der Waals surface area (Å²) in [6, 6.07) is 16.9. The maximum absolute atomic E-state index is 6.65. The highest BCUT2D eigenvalue weighted by atomic mass is 35.5. The van der Waals surface area contributed by atoms with Crippen LogP contribution >= 0.6 is 23.4 Å². The lowest BCUT2D eigenvalue weighted by atomic mass is 9.94. The van der Waals surface area contributed by atoms with Gasteiger partial charge in [0.15, 0.2) is 0 Å². The Balaban J connectivity index is 1.86. The molecule has 0 fully saturated rings. The second-order valence-corrected chi connectivity index (χ2v) is 7.54. The largest absolute Gasteiger partial charge is 0.315 e. The smallest absolute Gasteiger partial charge is 0.134 e. The number of hydrogen-bond acceptors (Lipinski definition) is 3. The van der Waals surface area contributed by atoms with Gasteiger partial charge in [0.05, 0.1) is 11.1 Å². The third-order valence-electron chi connectivity index (χ3n) is 4.58. The standard InChI is InChI=1S/C19H23ClN2S/c1-3-13(4-2)18(20)14-9-11-15(12-10-14)22-16-7-5-6-8-17(16)23-19(22)21/h5-13,18-19H,3-4,21H2,1-2H3. The van der Waals surface area contributed by atoms with Gasteiger partial charge in [-0.05, 0) is 35.7 Å². The number of para-hydroxylation sites is 1. The van der Waals surface area contributed by atoms with Crippen molar-refractivity contribution in [3.63, 3.8) is 0 Å². The molecule has 2 aromatic carbocycles. The molecule has 0 saturated heterocycles. The summed E-state index contributed by atoms with van der Waals surface area (Å²) in [5.74, 6) is 0.521. The van der Waals surface area contributed by atoms with Gasteiger partial charge in [0, 0.05) is 10.6 Å². The van der Waals surface area contributed by atoms with Gasteiger partial charge in [0.1, 0.15) is 5.50 Å². The Hall–Kier alpha value is -1.16. The fourth-order valence-corrected chi connectivity index (χ4v) is 4.70. The van der Waals surface area contributed by atoms with E-state index in [1.807, 2.05) is 0 Å². The fraction of sp³-hybridized carbons (Fsp3) is 0.368. The summed E-state index contributed by atoms with van der Waals surface area (Å²) in [5.41, 5.74) is 9.72. The Bertz CT molecular complexity index is 655. The van der Waals surface area contributed by atoms with Crippen molar-refractivity contribution < 1.29 is 0 Å². The lowest BCUT2D eigenvalue weighted by Crippen LogP contribution is -2.31. The molecule has 0 aromatic heterocycles. The van der Waals surface area contributed by atoms with Gasteiger partial charge in [0.2, 0.25) is 0 Å². The highest BCUT2D eigenvalue weighted by Gasteiger charge is 2.28. The molecule has 3 rings (SSSR count). The second kappa shape index (κ2) is 7.16. The summed E-state index contributed by atoms with van der Waals surface area (Å²) in [6.07, 6.45) is 2.21. The molecule has 2 N–H and O–H groups in total.